The summed E-state index contributed by atoms with van der Waals surface area (Å²) in [4.78, 5) is 26.8. The zero-order chi connectivity index (χ0) is 15.2. The molecule has 0 radical (unpaired) electrons. The highest BCUT2D eigenvalue weighted by Crippen LogP contribution is 2.19. The molecule has 2 rings (SSSR count). The molecule has 120 valence electrons. The fourth-order valence-electron chi connectivity index (χ4n) is 2.99. The number of carboxylic acids is 1. The number of morpholine rings is 1. The van der Waals surface area contributed by atoms with Crippen LogP contribution in [-0.2, 0) is 14.3 Å². The number of carboxylic acid groups (broad SMARTS) is 1. The van der Waals surface area contributed by atoms with Gasteiger partial charge in [-0.3, -0.25) is 14.5 Å². The number of amides is 1. The number of carbonyl (C=O) groups excluding carboxylic acids is 1. The van der Waals surface area contributed by atoms with Crippen molar-refractivity contribution in [1.29, 1.82) is 0 Å². The number of piperidine rings is 1. The van der Waals surface area contributed by atoms with Gasteiger partial charge in [-0.2, -0.15) is 0 Å². The molecule has 21 heavy (non-hydrogen) atoms. The van der Waals surface area contributed by atoms with Crippen molar-refractivity contribution in [2.45, 2.75) is 25.3 Å². The molecule has 7 nitrogen and oxygen atoms in total. The van der Waals surface area contributed by atoms with E-state index in [2.05, 4.69) is 4.90 Å². The second kappa shape index (κ2) is 7.72. The zero-order valence-electron chi connectivity index (χ0n) is 12.4. The SMILES string of the molecule is NC(CC(=O)O)C(=O)N1CCC(CN2CCOCC2)CC1. The van der Waals surface area contributed by atoms with Crippen LogP contribution in [-0.4, -0.2) is 78.8 Å². The van der Waals surface area contributed by atoms with E-state index in [1.54, 1.807) is 4.90 Å². The van der Waals surface area contributed by atoms with Crippen LogP contribution in [0.3, 0.4) is 0 Å². The molecule has 3 N–H and O–H groups in total. The monoisotopic (exact) mass is 299 g/mol. The van der Waals surface area contributed by atoms with Crippen LogP contribution in [0.1, 0.15) is 19.3 Å². The predicted octanol–water partition coefficient (Wildman–Crippen LogP) is -0.641. The highest BCUT2D eigenvalue weighted by Gasteiger charge is 2.28. The number of nitrogens with two attached hydrogens (primary N) is 1. The second-order valence-electron chi connectivity index (χ2n) is 5.89. The lowest BCUT2D eigenvalue weighted by Crippen LogP contribution is -2.49. The second-order valence-corrected chi connectivity index (χ2v) is 5.89. The number of aliphatic carboxylic acids is 1. The van der Waals surface area contributed by atoms with Gasteiger partial charge in [0.1, 0.15) is 0 Å². The molecular formula is C14H25N3O4. The normalized spacial score (nSPS) is 23.0. The molecule has 0 saturated carbocycles. The third-order valence-electron chi connectivity index (χ3n) is 4.26. The van der Waals surface area contributed by atoms with Crippen molar-refractivity contribution in [3.05, 3.63) is 0 Å². The molecule has 2 aliphatic rings. The Morgan fingerprint density at radius 2 is 1.81 bits per heavy atom. The maximum absolute atomic E-state index is 12.0. The molecule has 0 bridgehead atoms. The molecule has 0 aromatic carbocycles. The van der Waals surface area contributed by atoms with E-state index >= 15 is 0 Å². The summed E-state index contributed by atoms with van der Waals surface area (Å²) in [5.41, 5.74) is 5.64. The molecule has 2 heterocycles. The molecule has 0 aromatic heterocycles. The Hall–Kier alpha value is -1.18. The van der Waals surface area contributed by atoms with Crippen molar-refractivity contribution in [3.8, 4) is 0 Å². The van der Waals surface area contributed by atoms with Crippen LogP contribution in [0.25, 0.3) is 0 Å². The summed E-state index contributed by atoms with van der Waals surface area (Å²) in [6.45, 7) is 6.02. The number of rotatable bonds is 5. The largest absolute Gasteiger partial charge is 0.481 e. The molecule has 2 saturated heterocycles. The van der Waals surface area contributed by atoms with Gasteiger partial charge >= 0.3 is 5.97 Å². The average Bonchev–Trinajstić information content (AvgIpc) is 2.47. The van der Waals surface area contributed by atoms with E-state index in [1.807, 2.05) is 0 Å². The van der Waals surface area contributed by atoms with Gasteiger partial charge in [0.15, 0.2) is 0 Å². The van der Waals surface area contributed by atoms with E-state index in [4.69, 9.17) is 15.6 Å². The van der Waals surface area contributed by atoms with Gasteiger partial charge in [0, 0.05) is 32.7 Å². The fraction of sp³-hybridized carbons (Fsp3) is 0.857. The van der Waals surface area contributed by atoms with Crippen LogP contribution < -0.4 is 5.73 Å². The summed E-state index contributed by atoms with van der Waals surface area (Å²) < 4.78 is 5.34. The maximum atomic E-state index is 12.0. The van der Waals surface area contributed by atoms with Crippen molar-refractivity contribution >= 4 is 11.9 Å². The van der Waals surface area contributed by atoms with Crippen LogP contribution in [0, 0.1) is 5.92 Å². The summed E-state index contributed by atoms with van der Waals surface area (Å²) in [6, 6.07) is -0.918. The first-order chi connectivity index (χ1) is 10.1. The number of nitrogens with zero attached hydrogens (tertiary/aromatic N) is 2. The third kappa shape index (κ3) is 4.94. The molecule has 2 fully saturated rings. The summed E-state index contributed by atoms with van der Waals surface area (Å²) in [7, 11) is 0. The fourth-order valence-corrected chi connectivity index (χ4v) is 2.99. The molecular weight excluding hydrogens is 274 g/mol. The van der Waals surface area contributed by atoms with Gasteiger partial charge in [0.2, 0.25) is 5.91 Å². The molecule has 0 spiro atoms. The summed E-state index contributed by atoms with van der Waals surface area (Å²) >= 11 is 0. The van der Waals surface area contributed by atoms with E-state index in [0.29, 0.717) is 19.0 Å². The van der Waals surface area contributed by atoms with Gasteiger partial charge in [0.05, 0.1) is 25.7 Å². The van der Waals surface area contributed by atoms with E-state index in [1.165, 1.54) is 0 Å². The first-order valence-corrected chi connectivity index (χ1v) is 7.62. The van der Waals surface area contributed by atoms with Crippen LogP contribution in [0.2, 0.25) is 0 Å². The lowest BCUT2D eigenvalue weighted by molar-refractivity contribution is -0.142. The lowest BCUT2D eigenvalue weighted by atomic mass is 9.95. The smallest absolute Gasteiger partial charge is 0.305 e. The van der Waals surface area contributed by atoms with E-state index in [9.17, 15) is 9.59 Å². The average molecular weight is 299 g/mol. The highest BCUT2D eigenvalue weighted by atomic mass is 16.5. The van der Waals surface area contributed by atoms with Gasteiger partial charge in [-0.1, -0.05) is 0 Å². The number of hydrogen-bond donors (Lipinski definition) is 2. The van der Waals surface area contributed by atoms with E-state index < -0.39 is 12.0 Å². The van der Waals surface area contributed by atoms with Crippen LogP contribution in [0.15, 0.2) is 0 Å². The molecule has 1 unspecified atom stereocenters. The van der Waals surface area contributed by atoms with Gasteiger partial charge in [0.25, 0.3) is 0 Å². The lowest BCUT2D eigenvalue weighted by Gasteiger charge is -2.36. The number of likely N-dealkylation sites (tertiary alicyclic amines) is 1. The maximum Gasteiger partial charge on any atom is 0.305 e. The Balaban J connectivity index is 1.72. The highest BCUT2D eigenvalue weighted by molar-refractivity contribution is 5.86. The van der Waals surface area contributed by atoms with Crippen molar-refractivity contribution < 1.29 is 19.4 Å². The van der Waals surface area contributed by atoms with Crippen LogP contribution in [0.4, 0.5) is 0 Å². The molecule has 7 heteroatoms. The first kappa shape index (κ1) is 16.2. The summed E-state index contributed by atoms with van der Waals surface area (Å²) in [6.07, 6.45) is 1.62. The molecule has 1 atom stereocenters. The Labute approximate surface area is 125 Å². The summed E-state index contributed by atoms with van der Waals surface area (Å²) in [5, 5.41) is 8.69. The van der Waals surface area contributed by atoms with Crippen LogP contribution in [0.5, 0.6) is 0 Å². The minimum absolute atomic E-state index is 0.234. The quantitative estimate of drug-likeness (QED) is 0.701. The molecule has 2 aliphatic heterocycles. The van der Waals surface area contributed by atoms with Crippen molar-refractivity contribution in [1.82, 2.24) is 9.80 Å². The van der Waals surface area contributed by atoms with Crippen molar-refractivity contribution in [3.63, 3.8) is 0 Å². The van der Waals surface area contributed by atoms with Crippen molar-refractivity contribution in [2.75, 3.05) is 45.9 Å². The number of ether oxygens (including phenoxy) is 1. The topological polar surface area (TPSA) is 96.1 Å². The summed E-state index contributed by atoms with van der Waals surface area (Å²) in [5.74, 6) is -0.664. The number of hydrogen-bond acceptors (Lipinski definition) is 5. The van der Waals surface area contributed by atoms with Gasteiger partial charge in [-0.15, -0.1) is 0 Å². The standard InChI is InChI=1S/C14H25N3O4/c15-12(9-13(18)19)14(20)17-3-1-11(2-4-17)10-16-5-7-21-8-6-16/h11-12H,1-10,15H2,(H,18,19). The Morgan fingerprint density at radius 3 is 2.38 bits per heavy atom. The van der Waals surface area contributed by atoms with Gasteiger partial charge in [-0.25, -0.2) is 0 Å². The minimum Gasteiger partial charge on any atom is -0.481 e. The predicted molar refractivity (Wildman–Crippen MR) is 76.8 cm³/mol. The van der Waals surface area contributed by atoms with Gasteiger partial charge < -0.3 is 20.5 Å². The third-order valence-corrected chi connectivity index (χ3v) is 4.26. The molecule has 0 aromatic rings. The minimum atomic E-state index is -1.03. The Bertz CT molecular complexity index is 363. The van der Waals surface area contributed by atoms with Crippen molar-refractivity contribution in [2.24, 2.45) is 11.7 Å². The van der Waals surface area contributed by atoms with E-state index in [-0.39, 0.29) is 12.3 Å². The number of carbonyl (C=O) groups is 2. The van der Waals surface area contributed by atoms with Gasteiger partial charge in [-0.05, 0) is 18.8 Å². The van der Waals surface area contributed by atoms with Crippen LogP contribution >= 0.6 is 0 Å². The molecule has 0 aliphatic carbocycles. The van der Waals surface area contributed by atoms with E-state index in [0.717, 1.165) is 45.7 Å². The zero-order valence-corrected chi connectivity index (χ0v) is 12.4. The Kier molecular flexibility index (Phi) is 5.96. The molecule has 1 amide bonds. The first-order valence-electron chi connectivity index (χ1n) is 7.62. The Morgan fingerprint density at radius 1 is 1.19 bits per heavy atom.